The van der Waals surface area contributed by atoms with Crippen molar-refractivity contribution in [3.8, 4) is 0 Å². The van der Waals surface area contributed by atoms with E-state index in [1.54, 1.807) is 13.0 Å². The third-order valence-electron chi connectivity index (χ3n) is 3.25. The summed E-state index contributed by atoms with van der Waals surface area (Å²) in [6.07, 6.45) is 1.97. The van der Waals surface area contributed by atoms with Crippen LogP contribution in [0, 0.1) is 24.0 Å². The van der Waals surface area contributed by atoms with E-state index in [9.17, 15) is 10.1 Å². The zero-order chi connectivity index (χ0) is 14.0. The molecule has 0 radical (unpaired) electrons. The van der Waals surface area contributed by atoms with Gasteiger partial charge in [-0.1, -0.05) is 0 Å². The molecule has 0 aliphatic heterocycles. The van der Waals surface area contributed by atoms with Crippen LogP contribution in [0.25, 0.3) is 0 Å². The Kier molecular flexibility index (Phi) is 3.55. The van der Waals surface area contributed by atoms with Crippen LogP contribution in [0.3, 0.4) is 0 Å². The summed E-state index contributed by atoms with van der Waals surface area (Å²) >= 11 is 0. The predicted molar refractivity (Wildman–Crippen MR) is 75.3 cm³/mol. The summed E-state index contributed by atoms with van der Waals surface area (Å²) in [7, 11) is 1.97. The Hall–Kier alpha value is -2.30. The van der Waals surface area contributed by atoms with E-state index in [-0.39, 0.29) is 10.6 Å². The molecule has 5 nitrogen and oxygen atoms in total. The van der Waals surface area contributed by atoms with E-state index in [0.717, 1.165) is 16.9 Å². The minimum atomic E-state index is -0.345. The van der Waals surface area contributed by atoms with Gasteiger partial charge in [-0.15, -0.1) is 0 Å². The first-order valence-electron chi connectivity index (χ1n) is 6.08. The Labute approximate surface area is 112 Å². The van der Waals surface area contributed by atoms with Gasteiger partial charge in [0.2, 0.25) is 0 Å². The molecule has 0 spiro atoms. The number of nitro benzene ring substituents is 1. The van der Waals surface area contributed by atoms with Gasteiger partial charge < -0.3 is 9.88 Å². The van der Waals surface area contributed by atoms with Gasteiger partial charge in [0.05, 0.1) is 11.5 Å². The van der Waals surface area contributed by atoms with Gasteiger partial charge >= 0.3 is 0 Å². The van der Waals surface area contributed by atoms with Crippen LogP contribution < -0.4 is 5.32 Å². The third kappa shape index (κ3) is 2.76. The van der Waals surface area contributed by atoms with Crippen molar-refractivity contribution < 1.29 is 4.92 Å². The second kappa shape index (κ2) is 5.14. The number of hydrogen-bond acceptors (Lipinski definition) is 3. The van der Waals surface area contributed by atoms with Gasteiger partial charge in [-0.25, -0.2) is 0 Å². The summed E-state index contributed by atoms with van der Waals surface area (Å²) in [5.74, 6) is 0. The molecule has 0 atom stereocenters. The van der Waals surface area contributed by atoms with Crippen LogP contribution >= 0.6 is 0 Å². The number of aryl methyl sites for hydroxylation is 3. The second-order valence-electron chi connectivity index (χ2n) is 4.67. The van der Waals surface area contributed by atoms with Crippen molar-refractivity contribution in [2.45, 2.75) is 20.4 Å². The molecule has 19 heavy (non-hydrogen) atoms. The summed E-state index contributed by atoms with van der Waals surface area (Å²) in [6, 6.07) is 7.44. The first kappa shape index (κ1) is 13.1. The lowest BCUT2D eigenvalue weighted by atomic mass is 10.1. The van der Waals surface area contributed by atoms with Gasteiger partial charge in [-0.2, -0.15) is 0 Å². The maximum absolute atomic E-state index is 10.9. The van der Waals surface area contributed by atoms with E-state index >= 15 is 0 Å². The van der Waals surface area contributed by atoms with Crippen molar-refractivity contribution in [2.75, 3.05) is 5.32 Å². The van der Waals surface area contributed by atoms with Crippen LogP contribution in [-0.4, -0.2) is 9.49 Å². The minimum Gasteiger partial charge on any atom is -0.379 e. The topological polar surface area (TPSA) is 60.1 Å². The van der Waals surface area contributed by atoms with Crippen LogP contribution in [-0.2, 0) is 13.6 Å². The van der Waals surface area contributed by atoms with Gasteiger partial charge in [0.15, 0.2) is 0 Å². The highest BCUT2D eigenvalue weighted by atomic mass is 16.6. The summed E-state index contributed by atoms with van der Waals surface area (Å²) in [5.41, 5.74) is 3.78. The lowest BCUT2D eigenvalue weighted by Gasteiger charge is -2.11. The third-order valence-corrected chi connectivity index (χ3v) is 3.25. The van der Waals surface area contributed by atoms with Crippen molar-refractivity contribution in [3.63, 3.8) is 0 Å². The number of anilines is 1. The molecular weight excluding hydrogens is 242 g/mol. The van der Waals surface area contributed by atoms with Gasteiger partial charge in [0, 0.05) is 36.3 Å². The van der Waals surface area contributed by atoms with Crippen LogP contribution in [0.1, 0.15) is 16.8 Å². The largest absolute Gasteiger partial charge is 0.379 e. The van der Waals surface area contributed by atoms with Crippen LogP contribution in [0.4, 0.5) is 11.4 Å². The molecule has 100 valence electrons. The molecule has 0 aliphatic carbocycles. The Balaban J connectivity index is 2.23. The fourth-order valence-corrected chi connectivity index (χ4v) is 2.09. The van der Waals surface area contributed by atoms with E-state index in [1.165, 1.54) is 0 Å². The number of aromatic nitrogens is 1. The van der Waals surface area contributed by atoms with Gasteiger partial charge in [-0.3, -0.25) is 10.1 Å². The van der Waals surface area contributed by atoms with Crippen LogP contribution in [0.5, 0.6) is 0 Å². The maximum Gasteiger partial charge on any atom is 0.274 e. The van der Waals surface area contributed by atoms with Crippen molar-refractivity contribution >= 4 is 11.4 Å². The van der Waals surface area contributed by atoms with Crippen molar-refractivity contribution in [1.82, 2.24) is 4.57 Å². The first-order valence-corrected chi connectivity index (χ1v) is 6.08. The first-order chi connectivity index (χ1) is 8.99. The molecule has 0 saturated heterocycles. The molecule has 0 amide bonds. The summed E-state index contributed by atoms with van der Waals surface area (Å²) in [6.45, 7) is 4.35. The van der Waals surface area contributed by atoms with Crippen LogP contribution in [0.15, 0.2) is 30.5 Å². The minimum absolute atomic E-state index is 0.153. The molecule has 5 heteroatoms. The summed E-state index contributed by atoms with van der Waals surface area (Å²) in [5, 5.41) is 14.2. The van der Waals surface area contributed by atoms with E-state index in [1.807, 2.05) is 42.9 Å². The van der Waals surface area contributed by atoms with E-state index < -0.39 is 0 Å². The molecule has 2 aromatic rings. The molecule has 0 bridgehead atoms. The number of hydrogen-bond donors (Lipinski definition) is 1. The zero-order valence-corrected chi connectivity index (χ0v) is 11.3. The SMILES string of the molecule is Cc1cc(C)c([N+](=O)[O-])cc1NCc1cccn1C. The van der Waals surface area contributed by atoms with Crippen molar-refractivity contribution in [2.24, 2.45) is 7.05 Å². The van der Waals surface area contributed by atoms with E-state index in [4.69, 9.17) is 0 Å². The molecule has 1 N–H and O–H groups in total. The Bertz CT molecular complexity index is 617. The van der Waals surface area contributed by atoms with Crippen molar-refractivity contribution in [3.05, 3.63) is 57.4 Å². The maximum atomic E-state index is 10.9. The summed E-state index contributed by atoms with van der Waals surface area (Å²) < 4.78 is 2.02. The lowest BCUT2D eigenvalue weighted by Crippen LogP contribution is -2.06. The molecule has 0 fully saturated rings. The Morgan fingerprint density at radius 2 is 2.05 bits per heavy atom. The standard InChI is InChI=1S/C14H17N3O2/c1-10-7-11(2)14(17(18)19)8-13(10)15-9-12-5-4-6-16(12)3/h4-8,15H,9H2,1-3H3. The molecule has 2 rings (SSSR count). The molecule has 0 saturated carbocycles. The highest BCUT2D eigenvalue weighted by molar-refractivity contribution is 5.60. The van der Waals surface area contributed by atoms with Crippen molar-refractivity contribution in [1.29, 1.82) is 0 Å². The average Bonchev–Trinajstić information content (AvgIpc) is 2.73. The highest BCUT2D eigenvalue weighted by Gasteiger charge is 2.13. The number of nitro groups is 1. The van der Waals surface area contributed by atoms with Gasteiger partial charge in [-0.05, 0) is 37.6 Å². The number of nitrogens with zero attached hydrogens (tertiary/aromatic N) is 2. The molecule has 0 unspecified atom stereocenters. The molecule has 1 aromatic heterocycles. The fourth-order valence-electron chi connectivity index (χ4n) is 2.09. The lowest BCUT2D eigenvalue weighted by molar-refractivity contribution is -0.385. The molecule has 0 aliphatic rings. The number of nitrogens with one attached hydrogen (secondary N) is 1. The molecular formula is C14H17N3O2. The highest BCUT2D eigenvalue weighted by Crippen LogP contribution is 2.26. The zero-order valence-electron chi connectivity index (χ0n) is 11.3. The van der Waals surface area contributed by atoms with Crippen LogP contribution in [0.2, 0.25) is 0 Å². The quantitative estimate of drug-likeness (QED) is 0.677. The van der Waals surface area contributed by atoms with E-state index in [2.05, 4.69) is 5.32 Å². The monoisotopic (exact) mass is 259 g/mol. The Morgan fingerprint density at radius 3 is 2.63 bits per heavy atom. The van der Waals surface area contributed by atoms with Gasteiger partial charge in [0.1, 0.15) is 0 Å². The smallest absolute Gasteiger partial charge is 0.274 e. The van der Waals surface area contributed by atoms with E-state index in [0.29, 0.717) is 12.1 Å². The fraction of sp³-hybridized carbons (Fsp3) is 0.286. The average molecular weight is 259 g/mol. The second-order valence-corrected chi connectivity index (χ2v) is 4.67. The summed E-state index contributed by atoms with van der Waals surface area (Å²) in [4.78, 5) is 10.6. The number of benzene rings is 1. The van der Waals surface area contributed by atoms with Gasteiger partial charge in [0.25, 0.3) is 5.69 Å². The predicted octanol–water partition coefficient (Wildman–Crippen LogP) is 3.16. The number of rotatable bonds is 4. The molecule has 1 aromatic carbocycles. The normalized spacial score (nSPS) is 10.5. The Morgan fingerprint density at radius 1 is 1.32 bits per heavy atom. The molecule has 1 heterocycles.